The van der Waals surface area contributed by atoms with E-state index >= 15 is 0 Å². The average Bonchev–Trinajstić information content (AvgIpc) is 2.26. The first-order chi connectivity index (χ1) is 8.68. The summed E-state index contributed by atoms with van der Waals surface area (Å²) in [6.45, 7) is 2.65. The molecular formula is C11H15NO6S. The molecule has 0 radical (unpaired) electrons. The SMILES string of the molecule is CC(=O)N[C@@H](CSC1C(=O)CC1(C)C(=O)O)C(=O)O. The zero-order valence-corrected chi connectivity index (χ0v) is 11.3. The van der Waals surface area contributed by atoms with Crippen molar-refractivity contribution in [3.05, 3.63) is 0 Å². The van der Waals surface area contributed by atoms with Gasteiger partial charge in [-0.05, 0) is 6.92 Å². The molecule has 8 heteroatoms. The largest absolute Gasteiger partial charge is 0.481 e. The minimum atomic E-state index is -1.22. The molecule has 1 amide bonds. The van der Waals surface area contributed by atoms with Gasteiger partial charge < -0.3 is 15.5 Å². The molecule has 106 valence electrons. The summed E-state index contributed by atoms with van der Waals surface area (Å²) in [7, 11) is 0. The molecule has 3 atom stereocenters. The van der Waals surface area contributed by atoms with E-state index < -0.39 is 34.6 Å². The molecular weight excluding hydrogens is 274 g/mol. The zero-order chi connectivity index (χ0) is 14.8. The van der Waals surface area contributed by atoms with E-state index in [1.807, 2.05) is 0 Å². The minimum absolute atomic E-state index is 0.0438. The molecule has 2 unspecified atom stereocenters. The van der Waals surface area contributed by atoms with Crippen LogP contribution in [-0.4, -0.2) is 50.9 Å². The number of aliphatic carboxylic acids is 2. The Labute approximate surface area is 113 Å². The quantitative estimate of drug-likeness (QED) is 0.616. The van der Waals surface area contributed by atoms with Crippen LogP contribution >= 0.6 is 11.8 Å². The van der Waals surface area contributed by atoms with Crippen molar-refractivity contribution in [1.82, 2.24) is 5.32 Å². The van der Waals surface area contributed by atoms with Crippen LogP contribution in [0.2, 0.25) is 0 Å². The number of carboxylic acids is 2. The summed E-state index contributed by atoms with van der Waals surface area (Å²) in [6.07, 6.45) is -0.0438. The van der Waals surface area contributed by atoms with Crippen molar-refractivity contribution in [1.29, 1.82) is 0 Å². The Bertz CT molecular complexity index is 437. The second-order valence-electron chi connectivity index (χ2n) is 4.67. The molecule has 1 aliphatic rings. The topological polar surface area (TPSA) is 121 Å². The first-order valence-corrected chi connectivity index (χ1v) is 6.61. The molecule has 0 saturated heterocycles. The lowest BCUT2D eigenvalue weighted by molar-refractivity contribution is -0.157. The number of ketones is 1. The summed E-state index contributed by atoms with van der Waals surface area (Å²) >= 11 is 0.959. The number of carboxylic acid groups (broad SMARTS) is 2. The minimum Gasteiger partial charge on any atom is -0.481 e. The van der Waals surface area contributed by atoms with Gasteiger partial charge in [-0.25, -0.2) is 4.79 Å². The van der Waals surface area contributed by atoms with Gasteiger partial charge in [-0.15, -0.1) is 11.8 Å². The second-order valence-corrected chi connectivity index (χ2v) is 5.81. The van der Waals surface area contributed by atoms with E-state index in [4.69, 9.17) is 10.2 Å². The van der Waals surface area contributed by atoms with E-state index in [1.54, 1.807) is 0 Å². The van der Waals surface area contributed by atoms with E-state index in [0.29, 0.717) is 0 Å². The van der Waals surface area contributed by atoms with Crippen molar-refractivity contribution < 1.29 is 29.4 Å². The number of hydrogen-bond donors (Lipinski definition) is 3. The molecule has 1 fully saturated rings. The van der Waals surface area contributed by atoms with Gasteiger partial charge in [-0.2, -0.15) is 0 Å². The van der Waals surface area contributed by atoms with E-state index in [-0.39, 0.29) is 18.0 Å². The fourth-order valence-corrected chi connectivity index (χ4v) is 3.28. The zero-order valence-electron chi connectivity index (χ0n) is 10.5. The van der Waals surface area contributed by atoms with E-state index in [0.717, 1.165) is 11.8 Å². The average molecular weight is 289 g/mol. The van der Waals surface area contributed by atoms with Crippen LogP contribution in [0.15, 0.2) is 0 Å². The third kappa shape index (κ3) is 3.25. The molecule has 19 heavy (non-hydrogen) atoms. The lowest BCUT2D eigenvalue weighted by Crippen LogP contribution is -2.55. The highest BCUT2D eigenvalue weighted by atomic mass is 32.2. The van der Waals surface area contributed by atoms with Crippen LogP contribution in [0.25, 0.3) is 0 Å². The number of Topliss-reactive ketones (excluding diaryl/α,β-unsaturated/α-hetero) is 1. The van der Waals surface area contributed by atoms with Crippen molar-refractivity contribution in [2.45, 2.75) is 31.6 Å². The van der Waals surface area contributed by atoms with E-state index in [2.05, 4.69) is 5.32 Å². The van der Waals surface area contributed by atoms with Crippen molar-refractivity contribution in [3.63, 3.8) is 0 Å². The van der Waals surface area contributed by atoms with Crippen LogP contribution in [0, 0.1) is 5.41 Å². The maximum Gasteiger partial charge on any atom is 0.327 e. The van der Waals surface area contributed by atoms with Crippen molar-refractivity contribution in [2.24, 2.45) is 5.41 Å². The Balaban J connectivity index is 2.64. The molecule has 0 aromatic rings. The summed E-state index contributed by atoms with van der Waals surface area (Å²) in [5, 5.41) is 19.4. The molecule has 1 aliphatic carbocycles. The first kappa shape index (κ1) is 15.5. The Morgan fingerprint density at radius 1 is 1.47 bits per heavy atom. The monoisotopic (exact) mass is 289 g/mol. The summed E-state index contributed by atoms with van der Waals surface area (Å²) in [5.41, 5.74) is -1.15. The number of rotatable bonds is 6. The van der Waals surface area contributed by atoms with Gasteiger partial charge in [0.2, 0.25) is 5.91 Å². The van der Waals surface area contributed by atoms with Crippen LogP contribution in [-0.2, 0) is 19.2 Å². The second kappa shape index (κ2) is 5.60. The number of nitrogens with one attached hydrogen (secondary N) is 1. The standard InChI is InChI=1S/C11H15NO6S/c1-5(13)12-6(9(15)16)4-19-8-7(14)3-11(8,2)10(17)18/h6,8H,3-4H2,1-2H3,(H,12,13)(H,15,16)(H,17,18)/t6-,8?,11?/m0/s1. The number of carbonyl (C=O) groups excluding carboxylic acids is 2. The predicted molar refractivity (Wildman–Crippen MR) is 66.9 cm³/mol. The van der Waals surface area contributed by atoms with E-state index in [9.17, 15) is 19.2 Å². The Kier molecular flexibility index (Phi) is 4.56. The van der Waals surface area contributed by atoms with Gasteiger partial charge in [0.25, 0.3) is 0 Å². The van der Waals surface area contributed by atoms with Crippen LogP contribution < -0.4 is 5.32 Å². The number of hydrogen-bond acceptors (Lipinski definition) is 5. The third-order valence-electron chi connectivity index (χ3n) is 3.01. The highest BCUT2D eigenvalue weighted by Gasteiger charge is 2.56. The van der Waals surface area contributed by atoms with E-state index in [1.165, 1.54) is 13.8 Å². The molecule has 7 nitrogen and oxygen atoms in total. The number of thioether (sulfide) groups is 1. The van der Waals surface area contributed by atoms with Crippen LogP contribution in [0.4, 0.5) is 0 Å². The Morgan fingerprint density at radius 2 is 2.05 bits per heavy atom. The Morgan fingerprint density at radius 3 is 2.42 bits per heavy atom. The maximum absolute atomic E-state index is 11.4. The lowest BCUT2D eigenvalue weighted by Gasteiger charge is -2.41. The molecule has 0 heterocycles. The molecule has 0 aromatic heterocycles. The first-order valence-electron chi connectivity index (χ1n) is 5.56. The van der Waals surface area contributed by atoms with Gasteiger partial charge in [0.1, 0.15) is 11.8 Å². The number of carbonyl (C=O) groups is 4. The fraction of sp³-hybridized carbons (Fsp3) is 0.636. The smallest absolute Gasteiger partial charge is 0.327 e. The summed E-state index contributed by atoms with van der Waals surface area (Å²) in [6, 6.07) is -1.13. The highest BCUT2D eigenvalue weighted by Crippen LogP contribution is 2.45. The predicted octanol–water partition coefficient (Wildman–Crippen LogP) is -0.259. The third-order valence-corrected chi connectivity index (χ3v) is 4.65. The van der Waals surface area contributed by atoms with Gasteiger partial charge in [-0.1, -0.05) is 0 Å². The Hall–Kier alpha value is -1.57. The fourth-order valence-electron chi connectivity index (χ4n) is 1.85. The lowest BCUT2D eigenvalue weighted by atomic mass is 9.69. The maximum atomic E-state index is 11.4. The van der Waals surface area contributed by atoms with Crippen LogP contribution in [0.5, 0.6) is 0 Å². The van der Waals surface area contributed by atoms with Crippen molar-refractivity contribution >= 4 is 35.4 Å². The van der Waals surface area contributed by atoms with Gasteiger partial charge in [0.05, 0.1) is 10.7 Å². The molecule has 3 N–H and O–H groups in total. The summed E-state index contributed by atoms with van der Waals surface area (Å²) < 4.78 is 0. The molecule has 0 spiro atoms. The molecule has 0 bridgehead atoms. The highest BCUT2D eigenvalue weighted by molar-refractivity contribution is 8.00. The number of amides is 1. The van der Waals surface area contributed by atoms with Gasteiger partial charge in [0, 0.05) is 19.1 Å². The molecule has 1 rings (SSSR count). The van der Waals surface area contributed by atoms with Gasteiger partial charge >= 0.3 is 11.9 Å². The molecule has 1 saturated carbocycles. The molecule has 0 aliphatic heterocycles. The van der Waals surface area contributed by atoms with Crippen LogP contribution in [0.1, 0.15) is 20.3 Å². The van der Waals surface area contributed by atoms with Gasteiger partial charge in [0.15, 0.2) is 0 Å². The normalized spacial score (nSPS) is 27.3. The van der Waals surface area contributed by atoms with Crippen molar-refractivity contribution in [3.8, 4) is 0 Å². The summed E-state index contributed by atoms with van der Waals surface area (Å²) in [5.74, 6) is -3.04. The summed E-state index contributed by atoms with van der Waals surface area (Å²) in [4.78, 5) is 44.2. The van der Waals surface area contributed by atoms with Gasteiger partial charge in [-0.3, -0.25) is 14.4 Å². The van der Waals surface area contributed by atoms with Crippen LogP contribution in [0.3, 0.4) is 0 Å². The van der Waals surface area contributed by atoms with Crippen molar-refractivity contribution in [2.75, 3.05) is 5.75 Å². The molecule has 0 aromatic carbocycles.